The van der Waals surface area contributed by atoms with Gasteiger partial charge in [0.05, 0.1) is 0 Å². The lowest BCUT2D eigenvalue weighted by Crippen LogP contribution is -2.57. The summed E-state index contributed by atoms with van der Waals surface area (Å²) in [4.78, 5) is 38.9. The molecule has 0 aromatic heterocycles. The predicted octanol–water partition coefficient (Wildman–Crippen LogP) is -0.586. The van der Waals surface area contributed by atoms with E-state index in [0.717, 1.165) is 0 Å². The van der Waals surface area contributed by atoms with Crippen molar-refractivity contribution in [3.63, 3.8) is 0 Å². The quantitative estimate of drug-likeness (QED) is 0.253. The van der Waals surface area contributed by atoms with Crippen LogP contribution in [0.1, 0.15) is 13.8 Å². The van der Waals surface area contributed by atoms with Crippen molar-refractivity contribution in [2.24, 2.45) is 0 Å². The fourth-order valence-corrected chi connectivity index (χ4v) is 0.829. The highest BCUT2D eigenvalue weighted by Crippen LogP contribution is 2.13. The molecule has 0 saturated heterocycles. The van der Waals surface area contributed by atoms with Gasteiger partial charge in [-0.05, 0) is 0 Å². The van der Waals surface area contributed by atoms with Crippen LogP contribution in [-0.4, -0.2) is 27.1 Å². The number of ketones is 2. The minimum atomic E-state index is -3.33. The molecule has 0 aliphatic heterocycles. The molecule has 0 aromatic rings. The Balaban J connectivity index is 5.60. The van der Waals surface area contributed by atoms with Crippen LogP contribution in [-0.2, 0) is 9.59 Å². The van der Waals surface area contributed by atoms with E-state index < -0.39 is 27.1 Å². The molecule has 0 saturated carbocycles. The van der Waals surface area contributed by atoms with Crippen LogP contribution in [0.5, 0.6) is 0 Å². The molecule has 0 amide bonds. The average Bonchev–Trinajstić information content (AvgIpc) is 1.82. The van der Waals surface area contributed by atoms with Gasteiger partial charge in [0.15, 0.2) is 0 Å². The van der Waals surface area contributed by atoms with E-state index in [4.69, 9.17) is 0 Å². The smallest absolute Gasteiger partial charge is 0.283 e. The van der Waals surface area contributed by atoms with Gasteiger partial charge in [-0.15, -0.1) is 0 Å². The Bertz CT molecular complexity index is 234. The third kappa shape index (κ3) is 1.37. The SMILES string of the molecule is CC(=O)C(C(C)=O)([N+](=O)[O-])[N+](=O)[O-]. The highest BCUT2D eigenvalue weighted by Gasteiger charge is 2.66. The fraction of sp³-hybridized carbons (Fsp3) is 0.600. The van der Waals surface area contributed by atoms with Gasteiger partial charge < -0.3 is 0 Å². The summed E-state index contributed by atoms with van der Waals surface area (Å²) in [6.45, 7) is 1.26. The van der Waals surface area contributed by atoms with E-state index in [9.17, 15) is 29.8 Å². The minimum Gasteiger partial charge on any atom is -0.283 e. The molecule has 0 radical (unpaired) electrons. The Hall–Kier alpha value is -1.86. The molecule has 0 bridgehead atoms. The summed E-state index contributed by atoms with van der Waals surface area (Å²) in [6, 6.07) is 0. The maximum atomic E-state index is 10.7. The summed E-state index contributed by atoms with van der Waals surface area (Å²) >= 11 is 0. The van der Waals surface area contributed by atoms with E-state index in [2.05, 4.69) is 0 Å². The Morgan fingerprint density at radius 3 is 1.23 bits per heavy atom. The van der Waals surface area contributed by atoms with Crippen LogP contribution >= 0.6 is 0 Å². The molecule has 0 fully saturated rings. The summed E-state index contributed by atoms with van der Waals surface area (Å²) in [6.07, 6.45) is 0. The van der Waals surface area contributed by atoms with Crippen molar-refractivity contribution in [1.82, 2.24) is 0 Å². The molecule has 8 nitrogen and oxygen atoms in total. The van der Waals surface area contributed by atoms with Crippen LogP contribution in [0.2, 0.25) is 0 Å². The molecule has 0 aliphatic rings. The van der Waals surface area contributed by atoms with E-state index in [1.165, 1.54) is 0 Å². The summed E-state index contributed by atoms with van der Waals surface area (Å²) < 4.78 is 0. The van der Waals surface area contributed by atoms with Crippen molar-refractivity contribution < 1.29 is 19.4 Å². The normalized spacial score (nSPS) is 10.6. The molecule has 0 unspecified atom stereocenters. The lowest BCUT2D eigenvalue weighted by molar-refractivity contribution is -0.754. The number of rotatable bonds is 4. The van der Waals surface area contributed by atoms with Crippen molar-refractivity contribution in [3.05, 3.63) is 20.2 Å². The predicted molar refractivity (Wildman–Crippen MR) is 38.1 cm³/mol. The van der Waals surface area contributed by atoms with Gasteiger partial charge >= 0.3 is 5.66 Å². The summed E-state index contributed by atoms with van der Waals surface area (Å²) in [5.74, 6) is -2.81. The Morgan fingerprint density at radius 1 is 1.00 bits per heavy atom. The van der Waals surface area contributed by atoms with Crippen molar-refractivity contribution in [1.29, 1.82) is 0 Å². The number of nitrogens with zero attached hydrogens (tertiary/aromatic N) is 2. The van der Waals surface area contributed by atoms with Crippen molar-refractivity contribution in [2.45, 2.75) is 19.5 Å². The van der Waals surface area contributed by atoms with E-state index >= 15 is 0 Å². The minimum absolute atomic E-state index is 0.632. The molecular formula is C5H6N2O6. The van der Waals surface area contributed by atoms with Gasteiger partial charge in [-0.25, -0.2) is 0 Å². The van der Waals surface area contributed by atoms with Crippen LogP contribution in [0.25, 0.3) is 0 Å². The summed E-state index contributed by atoms with van der Waals surface area (Å²) in [7, 11) is 0. The van der Waals surface area contributed by atoms with E-state index in [1.54, 1.807) is 0 Å². The van der Waals surface area contributed by atoms with Gasteiger partial charge in [0.1, 0.15) is 9.85 Å². The first-order valence-corrected chi connectivity index (χ1v) is 3.09. The van der Waals surface area contributed by atoms with Gasteiger partial charge in [0, 0.05) is 13.8 Å². The third-order valence-electron chi connectivity index (χ3n) is 1.51. The molecule has 13 heavy (non-hydrogen) atoms. The van der Waals surface area contributed by atoms with Crippen LogP contribution < -0.4 is 0 Å². The molecule has 0 spiro atoms. The topological polar surface area (TPSA) is 120 Å². The van der Waals surface area contributed by atoms with Crippen molar-refractivity contribution in [3.8, 4) is 0 Å². The van der Waals surface area contributed by atoms with Gasteiger partial charge in [-0.2, -0.15) is 0 Å². The summed E-state index contributed by atoms with van der Waals surface area (Å²) in [5, 5.41) is 20.5. The first kappa shape index (κ1) is 11.1. The number of carbonyl (C=O) groups excluding carboxylic acids is 2. The zero-order valence-corrected chi connectivity index (χ0v) is 6.84. The van der Waals surface area contributed by atoms with E-state index in [1.807, 2.05) is 0 Å². The fourth-order valence-electron chi connectivity index (χ4n) is 0.829. The standard InChI is InChI=1S/C5H6N2O6/c1-3(8)5(4(2)9,6(10)11)7(12)13/h1-2H3. The Morgan fingerprint density at radius 2 is 1.23 bits per heavy atom. The molecule has 0 atom stereocenters. The van der Waals surface area contributed by atoms with E-state index in [-0.39, 0.29) is 0 Å². The molecule has 0 N–H and O–H groups in total. The number of carbonyl (C=O) groups is 2. The largest absolute Gasteiger partial charge is 0.573 e. The van der Waals surface area contributed by atoms with E-state index in [0.29, 0.717) is 13.8 Å². The van der Waals surface area contributed by atoms with Crippen LogP contribution in [0.4, 0.5) is 0 Å². The molecule has 0 aliphatic carbocycles. The molecule has 72 valence electrons. The molecule has 0 heterocycles. The third-order valence-corrected chi connectivity index (χ3v) is 1.51. The van der Waals surface area contributed by atoms with Crippen LogP contribution in [0, 0.1) is 20.2 Å². The molecule has 0 aromatic carbocycles. The maximum Gasteiger partial charge on any atom is 0.573 e. The zero-order chi connectivity index (χ0) is 10.8. The summed E-state index contributed by atoms with van der Waals surface area (Å²) in [5.41, 5.74) is -3.33. The highest BCUT2D eigenvalue weighted by atomic mass is 16.7. The van der Waals surface area contributed by atoms with Crippen molar-refractivity contribution in [2.75, 3.05) is 0 Å². The van der Waals surface area contributed by atoms with Gasteiger partial charge in [0.2, 0.25) is 0 Å². The number of hydrogen-bond acceptors (Lipinski definition) is 6. The van der Waals surface area contributed by atoms with Gasteiger partial charge in [-0.1, -0.05) is 0 Å². The second kappa shape index (κ2) is 3.25. The first-order chi connectivity index (χ1) is 5.77. The average molecular weight is 190 g/mol. The second-order valence-electron chi connectivity index (χ2n) is 2.30. The van der Waals surface area contributed by atoms with Gasteiger partial charge in [-0.3, -0.25) is 29.8 Å². The number of Topliss-reactive ketones (excluding diaryl/α,β-unsaturated/α-hetero) is 2. The first-order valence-electron chi connectivity index (χ1n) is 3.09. The van der Waals surface area contributed by atoms with Gasteiger partial charge in [0.25, 0.3) is 11.6 Å². The molecular weight excluding hydrogens is 184 g/mol. The number of hydrogen-bond donors (Lipinski definition) is 0. The number of nitro groups is 2. The lowest BCUT2D eigenvalue weighted by atomic mass is 10.0. The van der Waals surface area contributed by atoms with Crippen molar-refractivity contribution >= 4 is 11.6 Å². The maximum absolute atomic E-state index is 10.7. The Kier molecular flexibility index (Phi) is 2.79. The highest BCUT2D eigenvalue weighted by molar-refractivity contribution is 6.05. The van der Waals surface area contributed by atoms with Crippen LogP contribution in [0.15, 0.2) is 0 Å². The Labute approximate surface area is 71.8 Å². The molecule has 0 rings (SSSR count). The van der Waals surface area contributed by atoms with Crippen LogP contribution in [0.3, 0.4) is 0 Å². The second-order valence-corrected chi connectivity index (χ2v) is 2.30. The lowest BCUT2D eigenvalue weighted by Gasteiger charge is -2.09. The molecule has 8 heteroatoms. The zero-order valence-electron chi connectivity index (χ0n) is 6.84. The monoisotopic (exact) mass is 190 g/mol.